The zero-order valence-electron chi connectivity index (χ0n) is 30.4. The van der Waals surface area contributed by atoms with E-state index in [1.165, 1.54) is 11.1 Å². The Kier molecular flexibility index (Phi) is 12.7. The van der Waals surface area contributed by atoms with Gasteiger partial charge in [-0.25, -0.2) is 0 Å². The largest absolute Gasteiger partial charge is 0.491 e. The summed E-state index contributed by atoms with van der Waals surface area (Å²) in [5.74, 6) is 1.91. The molecule has 0 aliphatic heterocycles. The molecule has 0 heterocycles. The van der Waals surface area contributed by atoms with Crippen LogP contribution in [0.15, 0.2) is 72.8 Å². The lowest BCUT2D eigenvalue weighted by Gasteiger charge is -2.34. The summed E-state index contributed by atoms with van der Waals surface area (Å²) in [7, 11) is 0. The zero-order chi connectivity index (χ0) is 34.2. The quantitative estimate of drug-likeness (QED) is 0.158. The third-order valence-electron chi connectivity index (χ3n) is 9.34. The van der Waals surface area contributed by atoms with E-state index < -0.39 is 0 Å². The number of carbonyl (C=O) groups excluding carboxylic acids is 1. The Hall–Kier alpha value is -3.15. The topological polar surface area (TPSA) is 64.8 Å². The van der Waals surface area contributed by atoms with Gasteiger partial charge >= 0.3 is 0 Å². The summed E-state index contributed by atoms with van der Waals surface area (Å²) >= 11 is 0. The molecular formula is C42H60N2O3. The molecule has 0 aromatic heterocycles. The smallest absolute Gasteiger partial charge is 0.226 e. The molecule has 3 aromatic carbocycles. The summed E-state index contributed by atoms with van der Waals surface area (Å²) in [5, 5.41) is 0. The average Bonchev–Trinajstić information content (AvgIpc) is 3.28. The highest BCUT2D eigenvalue weighted by Crippen LogP contribution is 2.43. The molecule has 0 fully saturated rings. The van der Waals surface area contributed by atoms with Gasteiger partial charge in [0.05, 0.1) is 19.3 Å². The number of amides is 1. The minimum atomic E-state index is -0.134. The molecule has 4 atom stereocenters. The van der Waals surface area contributed by atoms with Crippen LogP contribution >= 0.6 is 0 Å². The van der Waals surface area contributed by atoms with Gasteiger partial charge in [0.25, 0.3) is 0 Å². The van der Waals surface area contributed by atoms with Gasteiger partial charge in [-0.1, -0.05) is 116 Å². The van der Waals surface area contributed by atoms with Crippen molar-refractivity contribution in [3.8, 4) is 16.9 Å². The lowest BCUT2D eigenvalue weighted by Crippen LogP contribution is -2.41. The summed E-state index contributed by atoms with van der Waals surface area (Å²) in [4.78, 5) is 16.5. The van der Waals surface area contributed by atoms with E-state index in [-0.39, 0.29) is 28.7 Å². The first-order valence-corrected chi connectivity index (χ1v) is 17.7. The van der Waals surface area contributed by atoms with Crippen molar-refractivity contribution in [3.63, 3.8) is 0 Å². The summed E-state index contributed by atoms with van der Waals surface area (Å²) in [6.45, 7) is 20.9. The second-order valence-electron chi connectivity index (χ2n) is 16.3. The maximum absolute atomic E-state index is 14.4. The van der Waals surface area contributed by atoms with Gasteiger partial charge in [-0.2, -0.15) is 0 Å². The highest BCUT2D eigenvalue weighted by Gasteiger charge is 2.32. The standard InChI is InChI=1S/C42H60N2O3/c1-30(27-41(3,4)5)18-20-34(31(2)28-42(6,7)8)40(45)44(29-32-14-10-9-11-15-32)22-23-46-24-25-47-33-19-21-36-35-16-12-13-17-37(35)39(43)38(36)26-33/h9-17,19,21,26,30-31,34,39H,18,20,22-25,27-29,43H2,1-8H3. The molecule has 4 rings (SSSR count). The Labute approximate surface area is 285 Å². The Bertz CT molecular complexity index is 1420. The molecule has 1 amide bonds. The number of benzene rings is 3. The van der Waals surface area contributed by atoms with Gasteiger partial charge in [0.1, 0.15) is 12.4 Å². The molecule has 1 aliphatic carbocycles. The number of ether oxygens (including phenoxy) is 2. The SMILES string of the molecule is CC(CCC(C(=O)N(CCOCCOc1ccc2c(c1)C(N)c1ccccc1-2)Cc1ccccc1)C(C)CC(C)(C)C)CC(C)(C)C. The van der Waals surface area contributed by atoms with Crippen molar-refractivity contribution in [2.75, 3.05) is 26.4 Å². The molecular weight excluding hydrogens is 580 g/mol. The number of nitrogens with two attached hydrogens (primary N) is 1. The van der Waals surface area contributed by atoms with Crippen LogP contribution in [0.5, 0.6) is 5.75 Å². The van der Waals surface area contributed by atoms with Gasteiger partial charge in [-0.05, 0) is 88.3 Å². The zero-order valence-corrected chi connectivity index (χ0v) is 30.4. The summed E-state index contributed by atoms with van der Waals surface area (Å²) < 4.78 is 12.1. The van der Waals surface area contributed by atoms with Gasteiger partial charge < -0.3 is 20.1 Å². The lowest BCUT2D eigenvalue weighted by molar-refractivity contribution is -0.139. The van der Waals surface area contributed by atoms with E-state index in [0.717, 1.165) is 48.1 Å². The number of rotatable bonds is 16. The van der Waals surface area contributed by atoms with Crippen molar-refractivity contribution in [1.82, 2.24) is 4.90 Å². The van der Waals surface area contributed by atoms with Gasteiger partial charge in [0.2, 0.25) is 5.91 Å². The maximum atomic E-state index is 14.4. The number of hydrogen-bond donors (Lipinski definition) is 1. The van der Waals surface area contributed by atoms with Gasteiger partial charge in [0, 0.05) is 19.0 Å². The third kappa shape index (κ3) is 10.9. The van der Waals surface area contributed by atoms with Crippen molar-refractivity contribution in [2.45, 2.75) is 93.7 Å². The molecule has 1 aliphatic rings. The monoisotopic (exact) mass is 640 g/mol. The molecule has 2 N–H and O–H groups in total. The Balaban J connectivity index is 1.36. The van der Waals surface area contributed by atoms with Crippen molar-refractivity contribution < 1.29 is 14.3 Å². The van der Waals surface area contributed by atoms with Crippen molar-refractivity contribution >= 4 is 5.91 Å². The minimum Gasteiger partial charge on any atom is -0.491 e. The van der Waals surface area contributed by atoms with E-state index in [1.807, 2.05) is 35.2 Å². The predicted molar refractivity (Wildman–Crippen MR) is 195 cm³/mol. The lowest BCUT2D eigenvalue weighted by atomic mass is 9.75. The van der Waals surface area contributed by atoms with Crippen LogP contribution in [-0.2, 0) is 16.1 Å². The molecule has 5 nitrogen and oxygen atoms in total. The first kappa shape index (κ1) is 36.7. The number of carbonyl (C=O) groups is 1. The fourth-order valence-corrected chi connectivity index (χ4v) is 7.49. The van der Waals surface area contributed by atoms with Crippen LogP contribution in [-0.4, -0.2) is 37.2 Å². The van der Waals surface area contributed by atoms with Crippen molar-refractivity contribution in [3.05, 3.63) is 89.5 Å². The first-order valence-electron chi connectivity index (χ1n) is 17.7. The van der Waals surface area contributed by atoms with Crippen LogP contribution in [0, 0.1) is 28.6 Å². The van der Waals surface area contributed by atoms with Crippen LogP contribution in [0.3, 0.4) is 0 Å². The molecule has 0 saturated carbocycles. The highest BCUT2D eigenvalue weighted by molar-refractivity contribution is 5.80. The normalized spacial score (nSPS) is 16.2. The molecule has 3 aromatic rings. The second-order valence-corrected chi connectivity index (χ2v) is 16.3. The van der Waals surface area contributed by atoms with E-state index in [2.05, 4.69) is 97.9 Å². The minimum absolute atomic E-state index is 0.0130. The van der Waals surface area contributed by atoms with E-state index in [4.69, 9.17) is 15.2 Å². The molecule has 47 heavy (non-hydrogen) atoms. The number of fused-ring (bicyclic) bond motifs is 3. The molecule has 4 unspecified atom stereocenters. The molecule has 256 valence electrons. The summed E-state index contributed by atoms with van der Waals surface area (Å²) in [6, 6.07) is 24.7. The highest BCUT2D eigenvalue weighted by atomic mass is 16.5. The summed E-state index contributed by atoms with van der Waals surface area (Å²) in [6.07, 6.45) is 4.17. The fraction of sp³-hybridized carbons (Fsp3) is 0.548. The second kappa shape index (κ2) is 16.3. The van der Waals surface area contributed by atoms with Crippen LogP contribution < -0.4 is 10.5 Å². The summed E-state index contributed by atoms with van der Waals surface area (Å²) in [5.41, 5.74) is 12.8. The van der Waals surface area contributed by atoms with Crippen molar-refractivity contribution in [1.29, 1.82) is 0 Å². The third-order valence-corrected chi connectivity index (χ3v) is 9.34. The van der Waals surface area contributed by atoms with Gasteiger partial charge in [0.15, 0.2) is 0 Å². The maximum Gasteiger partial charge on any atom is 0.226 e. The van der Waals surface area contributed by atoms with Crippen molar-refractivity contribution in [2.24, 2.45) is 34.3 Å². The molecule has 0 spiro atoms. The Morgan fingerprint density at radius 3 is 2.15 bits per heavy atom. The molecule has 0 bridgehead atoms. The first-order chi connectivity index (χ1) is 22.2. The van der Waals surface area contributed by atoms with E-state index in [1.54, 1.807) is 0 Å². The van der Waals surface area contributed by atoms with E-state index >= 15 is 0 Å². The van der Waals surface area contributed by atoms with Gasteiger partial charge in [-0.3, -0.25) is 4.79 Å². The average molecular weight is 641 g/mol. The predicted octanol–water partition coefficient (Wildman–Crippen LogP) is 9.68. The van der Waals surface area contributed by atoms with Crippen LogP contribution in [0.4, 0.5) is 0 Å². The van der Waals surface area contributed by atoms with Crippen LogP contribution in [0.25, 0.3) is 11.1 Å². The molecule has 5 heteroatoms. The Morgan fingerprint density at radius 1 is 0.787 bits per heavy atom. The van der Waals surface area contributed by atoms with Crippen LogP contribution in [0.2, 0.25) is 0 Å². The number of nitrogens with zero attached hydrogens (tertiary/aromatic N) is 1. The van der Waals surface area contributed by atoms with Gasteiger partial charge in [-0.15, -0.1) is 0 Å². The fourth-order valence-electron chi connectivity index (χ4n) is 7.49. The molecule has 0 radical (unpaired) electrons. The van der Waals surface area contributed by atoms with E-state index in [9.17, 15) is 4.79 Å². The van der Waals surface area contributed by atoms with E-state index in [0.29, 0.717) is 44.7 Å². The van der Waals surface area contributed by atoms with Crippen LogP contribution in [0.1, 0.15) is 104 Å². The molecule has 0 saturated heterocycles. The number of hydrogen-bond acceptors (Lipinski definition) is 4. The Morgan fingerprint density at radius 2 is 1.45 bits per heavy atom.